The maximum atomic E-state index is 12.5. The number of hydrogen-bond donors (Lipinski definition) is 1. The second-order valence-electron chi connectivity index (χ2n) is 5.84. The summed E-state index contributed by atoms with van der Waals surface area (Å²) in [6.45, 7) is 4.14. The van der Waals surface area contributed by atoms with Crippen LogP contribution in [0.3, 0.4) is 0 Å². The van der Waals surface area contributed by atoms with Gasteiger partial charge in [-0.2, -0.15) is 0 Å². The van der Waals surface area contributed by atoms with Gasteiger partial charge in [-0.1, -0.05) is 12.1 Å². The summed E-state index contributed by atoms with van der Waals surface area (Å²) in [7, 11) is 1.61. The lowest BCUT2D eigenvalue weighted by Crippen LogP contribution is -2.31. The number of ether oxygens (including phenoxy) is 1. The molecule has 0 saturated heterocycles. The third-order valence-corrected chi connectivity index (χ3v) is 4.16. The molecule has 0 spiro atoms. The van der Waals surface area contributed by atoms with Crippen LogP contribution in [-0.4, -0.2) is 22.4 Å². The van der Waals surface area contributed by atoms with E-state index >= 15 is 0 Å². The predicted molar refractivity (Wildman–Crippen MR) is 95.1 cm³/mol. The molecule has 1 aromatic carbocycles. The molecule has 0 unspecified atom stereocenters. The lowest BCUT2D eigenvalue weighted by molar-refractivity contribution is 0.0949. The fourth-order valence-corrected chi connectivity index (χ4v) is 2.67. The second-order valence-corrected chi connectivity index (χ2v) is 5.84. The molecule has 0 bridgehead atoms. The Bertz CT molecular complexity index is 1010. The average Bonchev–Trinajstić information content (AvgIpc) is 2.61. The zero-order chi connectivity index (χ0) is 18.0. The second kappa shape index (κ2) is 6.76. The molecule has 3 rings (SSSR count). The van der Waals surface area contributed by atoms with E-state index in [1.165, 1.54) is 10.6 Å². The summed E-state index contributed by atoms with van der Waals surface area (Å²) in [6, 6.07) is 9.26. The number of benzene rings is 1. The first-order valence-corrected chi connectivity index (χ1v) is 7.90. The van der Waals surface area contributed by atoms with Crippen LogP contribution in [0.25, 0.3) is 5.65 Å². The van der Waals surface area contributed by atoms with E-state index in [1.807, 2.05) is 38.1 Å². The Morgan fingerprint density at radius 1 is 1.24 bits per heavy atom. The molecule has 0 radical (unpaired) electrons. The van der Waals surface area contributed by atoms with Crippen molar-refractivity contribution in [3.05, 3.63) is 75.3 Å². The number of hydrogen-bond acceptors (Lipinski definition) is 4. The van der Waals surface area contributed by atoms with Crippen LogP contribution in [0.1, 0.15) is 27.0 Å². The Hall–Kier alpha value is -3.15. The highest BCUT2D eigenvalue weighted by atomic mass is 16.5. The molecule has 0 aliphatic carbocycles. The molecule has 2 heterocycles. The van der Waals surface area contributed by atoms with E-state index in [2.05, 4.69) is 10.3 Å². The molecule has 2 aromatic heterocycles. The van der Waals surface area contributed by atoms with Crippen LogP contribution in [0, 0.1) is 13.8 Å². The largest absolute Gasteiger partial charge is 0.497 e. The number of nitrogens with zero attached hydrogens (tertiary/aromatic N) is 2. The number of pyridine rings is 1. The van der Waals surface area contributed by atoms with Gasteiger partial charge < -0.3 is 10.1 Å². The van der Waals surface area contributed by atoms with Crippen LogP contribution in [0.15, 0.2) is 47.5 Å². The van der Waals surface area contributed by atoms with Crippen molar-refractivity contribution in [2.24, 2.45) is 0 Å². The Kier molecular flexibility index (Phi) is 4.52. The van der Waals surface area contributed by atoms with E-state index in [-0.39, 0.29) is 11.1 Å². The third-order valence-electron chi connectivity index (χ3n) is 4.16. The molecule has 3 aromatic rings. The van der Waals surface area contributed by atoms with Crippen LogP contribution in [0.4, 0.5) is 0 Å². The number of amides is 1. The molecule has 0 fully saturated rings. The molecular formula is C19H19N3O3. The van der Waals surface area contributed by atoms with E-state index in [9.17, 15) is 9.59 Å². The van der Waals surface area contributed by atoms with E-state index in [4.69, 9.17) is 4.74 Å². The van der Waals surface area contributed by atoms with Gasteiger partial charge in [0.2, 0.25) is 0 Å². The van der Waals surface area contributed by atoms with Crippen LogP contribution < -0.4 is 15.6 Å². The summed E-state index contributed by atoms with van der Waals surface area (Å²) in [5.74, 6) is 0.323. The monoisotopic (exact) mass is 337 g/mol. The van der Waals surface area contributed by atoms with Crippen molar-refractivity contribution in [3.8, 4) is 5.75 Å². The molecule has 1 N–H and O–H groups in total. The summed E-state index contributed by atoms with van der Waals surface area (Å²) in [5.41, 5.74) is 3.03. The van der Waals surface area contributed by atoms with E-state index in [0.717, 1.165) is 22.4 Å². The van der Waals surface area contributed by atoms with Gasteiger partial charge in [-0.3, -0.25) is 14.0 Å². The molecule has 6 heteroatoms. The molecule has 6 nitrogen and oxygen atoms in total. The van der Waals surface area contributed by atoms with Gasteiger partial charge >= 0.3 is 0 Å². The number of aryl methyl sites for hydroxylation is 2. The van der Waals surface area contributed by atoms with Crippen molar-refractivity contribution >= 4 is 11.6 Å². The number of fused-ring (bicyclic) bond motifs is 1. The number of methoxy groups -OCH3 is 1. The molecular weight excluding hydrogens is 318 g/mol. The fourth-order valence-electron chi connectivity index (χ4n) is 2.67. The first-order valence-electron chi connectivity index (χ1n) is 7.90. The normalized spacial score (nSPS) is 10.7. The molecule has 128 valence electrons. The zero-order valence-corrected chi connectivity index (χ0v) is 14.4. The van der Waals surface area contributed by atoms with Crippen LogP contribution in [-0.2, 0) is 6.54 Å². The van der Waals surface area contributed by atoms with E-state index in [0.29, 0.717) is 12.2 Å². The minimum atomic E-state index is -0.441. The van der Waals surface area contributed by atoms with Crippen molar-refractivity contribution in [2.75, 3.05) is 7.11 Å². The van der Waals surface area contributed by atoms with Gasteiger partial charge in [0.15, 0.2) is 0 Å². The van der Waals surface area contributed by atoms with Crippen molar-refractivity contribution in [2.45, 2.75) is 20.4 Å². The minimum absolute atomic E-state index is 0.0225. The van der Waals surface area contributed by atoms with E-state index < -0.39 is 5.91 Å². The first kappa shape index (κ1) is 16.7. The average molecular weight is 337 g/mol. The molecule has 0 aliphatic rings. The lowest BCUT2D eigenvalue weighted by atomic mass is 10.1. The highest BCUT2D eigenvalue weighted by molar-refractivity contribution is 5.93. The van der Waals surface area contributed by atoms with Crippen molar-refractivity contribution < 1.29 is 9.53 Å². The fraction of sp³-hybridized carbons (Fsp3) is 0.211. The Labute approximate surface area is 145 Å². The molecule has 0 saturated carbocycles. The standard InChI is InChI=1S/C19H19N3O3/c1-12-5-4-8-22-17(12)20-11-16(19(22)24)18(23)21-10-14-6-7-15(25-3)9-13(14)2/h4-9,11H,10H2,1-3H3,(H,21,23). The van der Waals surface area contributed by atoms with Gasteiger partial charge in [-0.05, 0) is 48.7 Å². The lowest BCUT2D eigenvalue weighted by Gasteiger charge is -2.10. The zero-order valence-electron chi connectivity index (χ0n) is 14.4. The number of rotatable bonds is 4. The summed E-state index contributed by atoms with van der Waals surface area (Å²) in [5, 5.41) is 2.78. The van der Waals surface area contributed by atoms with Crippen molar-refractivity contribution in [3.63, 3.8) is 0 Å². The van der Waals surface area contributed by atoms with Crippen LogP contribution in [0.2, 0.25) is 0 Å². The smallest absolute Gasteiger partial charge is 0.270 e. The molecule has 25 heavy (non-hydrogen) atoms. The van der Waals surface area contributed by atoms with Gasteiger partial charge in [-0.15, -0.1) is 0 Å². The predicted octanol–water partition coefficient (Wildman–Crippen LogP) is 2.25. The summed E-state index contributed by atoms with van der Waals surface area (Å²) >= 11 is 0. The Balaban J connectivity index is 1.83. The van der Waals surface area contributed by atoms with Crippen molar-refractivity contribution in [1.82, 2.24) is 14.7 Å². The molecule has 0 atom stereocenters. The number of carbonyl (C=O) groups is 1. The molecule has 0 aliphatic heterocycles. The maximum Gasteiger partial charge on any atom is 0.270 e. The maximum absolute atomic E-state index is 12.5. The van der Waals surface area contributed by atoms with Crippen LogP contribution in [0.5, 0.6) is 5.75 Å². The Morgan fingerprint density at radius 3 is 2.76 bits per heavy atom. The quantitative estimate of drug-likeness (QED) is 0.792. The number of aromatic nitrogens is 2. The van der Waals surface area contributed by atoms with Gasteiger partial charge in [0.1, 0.15) is 17.0 Å². The minimum Gasteiger partial charge on any atom is -0.497 e. The van der Waals surface area contributed by atoms with Gasteiger partial charge in [0.25, 0.3) is 11.5 Å². The highest BCUT2D eigenvalue weighted by Crippen LogP contribution is 2.16. The number of nitrogens with one attached hydrogen (secondary N) is 1. The first-order chi connectivity index (χ1) is 12.0. The SMILES string of the molecule is COc1ccc(CNC(=O)c2cnc3c(C)cccn3c2=O)c(C)c1. The van der Waals surface area contributed by atoms with Crippen molar-refractivity contribution in [1.29, 1.82) is 0 Å². The summed E-state index contributed by atoms with van der Waals surface area (Å²) in [4.78, 5) is 29.2. The summed E-state index contributed by atoms with van der Waals surface area (Å²) in [6.07, 6.45) is 2.95. The number of carbonyl (C=O) groups excluding carboxylic acids is 1. The van der Waals surface area contributed by atoms with Gasteiger partial charge in [-0.25, -0.2) is 4.98 Å². The third kappa shape index (κ3) is 3.24. The summed E-state index contributed by atoms with van der Waals surface area (Å²) < 4.78 is 6.56. The Morgan fingerprint density at radius 2 is 2.04 bits per heavy atom. The van der Waals surface area contributed by atoms with Crippen LogP contribution >= 0.6 is 0 Å². The van der Waals surface area contributed by atoms with Gasteiger partial charge in [0.05, 0.1) is 7.11 Å². The van der Waals surface area contributed by atoms with Gasteiger partial charge in [0, 0.05) is 18.9 Å². The molecule has 1 amide bonds. The van der Waals surface area contributed by atoms with E-state index in [1.54, 1.807) is 19.4 Å². The highest BCUT2D eigenvalue weighted by Gasteiger charge is 2.14. The topological polar surface area (TPSA) is 72.7 Å².